The van der Waals surface area contributed by atoms with E-state index in [-0.39, 0.29) is 12.4 Å². The molecule has 0 amide bonds. The maximum Gasteiger partial charge on any atom is 0.317 e. The summed E-state index contributed by atoms with van der Waals surface area (Å²) < 4.78 is 4.70. The number of esters is 1. The number of carbonyl (C=O) groups excluding carboxylic acids is 2. The van der Waals surface area contributed by atoms with Crippen LogP contribution in [0.2, 0.25) is 0 Å². The number of pyridine rings is 1. The van der Waals surface area contributed by atoms with Crippen LogP contribution in [0.5, 0.6) is 0 Å². The van der Waals surface area contributed by atoms with Crippen LogP contribution >= 0.6 is 0 Å². The molecule has 0 aromatic carbocycles. The van der Waals surface area contributed by atoms with Crippen molar-refractivity contribution < 1.29 is 14.3 Å². The van der Waals surface area contributed by atoms with Crippen LogP contribution in [0.15, 0.2) is 18.3 Å². The molecule has 16 heavy (non-hydrogen) atoms. The van der Waals surface area contributed by atoms with E-state index in [0.717, 1.165) is 0 Å². The maximum atomic E-state index is 11.0. The molecule has 1 aromatic rings. The molecular formula is C12H11NO3. The Labute approximate surface area is 93.6 Å². The van der Waals surface area contributed by atoms with Crippen LogP contribution in [0.25, 0.3) is 0 Å². The van der Waals surface area contributed by atoms with Gasteiger partial charge in [0, 0.05) is 11.8 Å². The van der Waals surface area contributed by atoms with Crippen molar-refractivity contribution in [2.45, 2.75) is 13.3 Å². The molecule has 0 aliphatic carbocycles. The Morgan fingerprint density at radius 2 is 2.44 bits per heavy atom. The Bertz CT molecular complexity index is 443. The van der Waals surface area contributed by atoms with E-state index < -0.39 is 0 Å². The summed E-state index contributed by atoms with van der Waals surface area (Å²) in [5.41, 5.74) is 0.792. The highest BCUT2D eigenvalue weighted by Crippen LogP contribution is 1.99. The van der Waals surface area contributed by atoms with E-state index in [1.54, 1.807) is 25.3 Å². The summed E-state index contributed by atoms with van der Waals surface area (Å²) in [5, 5.41) is 0. The lowest BCUT2D eigenvalue weighted by Crippen LogP contribution is -2.01. The lowest BCUT2D eigenvalue weighted by molar-refractivity contribution is -0.141. The number of carbonyl (C=O) groups is 2. The van der Waals surface area contributed by atoms with Gasteiger partial charge in [0.1, 0.15) is 12.1 Å². The first-order valence-electron chi connectivity index (χ1n) is 4.82. The highest BCUT2D eigenvalue weighted by molar-refractivity contribution is 5.78. The van der Waals surface area contributed by atoms with Gasteiger partial charge in [-0.15, -0.1) is 0 Å². The van der Waals surface area contributed by atoms with Gasteiger partial charge in [0.2, 0.25) is 0 Å². The van der Waals surface area contributed by atoms with Crippen LogP contribution in [0.1, 0.15) is 29.4 Å². The summed E-state index contributed by atoms with van der Waals surface area (Å²) in [6.07, 6.45) is 2.23. The standard InChI is InChI=1S/C12H11NO3/c1-2-16-12(15)7-3-6-11-10(9-14)5-4-8-13-11/h4-5,8-9H,2,7H2,1H3. The predicted octanol–water partition coefficient (Wildman–Crippen LogP) is 1.20. The van der Waals surface area contributed by atoms with Gasteiger partial charge in [0.05, 0.1) is 6.61 Å². The number of aromatic nitrogens is 1. The number of nitrogens with zero attached hydrogens (tertiary/aromatic N) is 1. The molecule has 0 saturated carbocycles. The molecule has 0 saturated heterocycles. The van der Waals surface area contributed by atoms with Gasteiger partial charge < -0.3 is 4.74 Å². The summed E-state index contributed by atoms with van der Waals surface area (Å²) in [4.78, 5) is 25.5. The van der Waals surface area contributed by atoms with Gasteiger partial charge >= 0.3 is 5.97 Å². The van der Waals surface area contributed by atoms with Crippen molar-refractivity contribution in [1.29, 1.82) is 0 Å². The van der Waals surface area contributed by atoms with Crippen molar-refractivity contribution in [3.8, 4) is 11.8 Å². The summed E-state index contributed by atoms with van der Waals surface area (Å²) in [7, 11) is 0. The Hall–Kier alpha value is -2.15. The molecule has 0 bridgehead atoms. The van der Waals surface area contributed by atoms with Crippen LogP contribution in [0.4, 0.5) is 0 Å². The zero-order chi connectivity index (χ0) is 11.8. The molecule has 0 N–H and O–H groups in total. The fourth-order valence-electron chi connectivity index (χ4n) is 1.03. The minimum Gasteiger partial charge on any atom is -0.465 e. The molecule has 4 nitrogen and oxygen atoms in total. The number of ether oxygens (including phenoxy) is 1. The van der Waals surface area contributed by atoms with Crippen molar-refractivity contribution in [2.75, 3.05) is 6.61 Å². The third-order valence-corrected chi connectivity index (χ3v) is 1.71. The van der Waals surface area contributed by atoms with Gasteiger partial charge in [0.15, 0.2) is 6.29 Å². The zero-order valence-electron chi connectivity index (χ0n) is 8.90. The highest BCUT2D eigenvalue weighted by atomic mass is 16.5. The minimum absolute atomic E-state index is 0.00269. The third-order valence-electron chi connectivity index (χ3n) is 1.71. The molecule has 82 valence electrons. The van der Waals surface area contributed by atoms with E-state index in [4.69, 9.17) is 4.74 Å². The maximum absolute atomic E-state index is 11.0. The number of aldehydes is 1. The van der Waals surface area contributed by atoms with E-state index in [2.05, 4.69) is 16.8 Å². The normalized spacial score (nSPS) is 8.81. The van der Waals surface area contributed by atoms with E-state index >= 15 is 0 Å². The number of hydrogen-bond donors (Lipinski definition) is 0. The topological polar surface area (TPSA) is 56.3 Å². The van der Waals surface area contributed by atoms with Gasteiger partial charge in [-0.2, -0.15) is 0 Å². The highest BCUT2D eigenvalue weighted by Gasteiger charge is 1.99. The fraction of sp³-hybridized carbons (Fsp3) is 0.250. The molecule has 0 atom stereocenters. The Balaban J connectivity index is 2.69. The van der Waals surface area contributed by atoms with Gasteiger partial charge in [-0.05, 0) is 25.0 Å². The summed E-state index contributed by atoms with van der Waals surface area (Å²) in [6, 6.07) is 3.27. The lowest BCUT2D eigenvalue weighted by atomic mass is 10.2. The summed E-state index contributed by atoms with van der Waals surface area (Å²) in [5.74, 6) is 4.90. The molecule has 0 spiro atoms. The predicted molar refractivity (Wildman–Crippen MR) is 57.8 cm³/mol. The molecule has 0 unspecified atom stereocenters. The number of rotatable bonds is 3. The van der Waals surface area contributed by atoms with Crippen LogP contribution in [0.3, 0.4) is 0 Å². The van der Waals surface area contributed by atoms with Crippen molar-refractivity contribution in [3.05, 3.63) is 29.6 Å². The van der Waals surface area contributed by atoms with E-state index in [1.807, 2.05) is 0 Å². The average Bonchev–Trinajstić information content (AvgIpc) is 2.30. The van der Waals surface area contributed by atoms with Gasteiger partial charge in [-0.1, -0.05) is 5.92 Å². The Kier molecular flexibility index (Phi) is 4.74. The Morgan fingerprint density at radius 1 is 1.62 bits per heavy atom. The van der Waals surface area contributed by atoms with Crippen molar-refractivity contribution >= 4 is 12.3 Å². The van der Waals surface area contributed by atoms with Gasteiger partial charge in [0.25, 0.3) is 0 Å². The second-order valence-electron chi connectivity index (χ2n) is 2.84. The Morgan fingerprint density at radius 3 is 3.12 bits per heavy atom. The van der Waals surface area contributed by atoms with E-state index in [1.165, 1.54) is 0 Å². The second-order valence-corrected chi connectivity index (χ2v) is 2.84. The molecule has 0 radical (unpaired) electrons. The van der Waals surface area contributed by atoms with Crippen molar-refractivity contribution in [2.24, 2.45) is 0 Å². The van der Waals surface area contributed by atoms with Gasteiger partial charge in [-0.25, -0.2) is 4.98 Å². The van der Waals surface area contributed by atoms with Gasteiger partial charge in [-0.3, -0.25) is 9.59 Å². The molecule has 0 fully saturated rings. The lowest BCUT2D eigenvalue weighted by Gasteiger charge is -1.95. The molecule has 1 heterocycles. The molecule has 4 heteroatoms. The molecular weight excluding hydrogens is 206 g/mol. The molecule has 1 aromatic heterocycles. The summed E-state index contributed by atoms with van der Waals surface area (Å²) >= 11 is 0. The van der Waals surface area contributed by atoms with Crippen molar-refractivity contribution in [1.82, 2.24) is 4.98 Å². The van der Waals surface area contributed by atoms with Crippen LogP contribution < -0.4 is 0 Å². The quantitative estimate of drug-likeness (QED) is 0.433. The molecule has 0 aliphatic heterocycles. The van der Waals surface area contributed by atoms with Crippen LogP contribution in [0, 0.1) is 11.8 Å². The largest absolute Gasteiger partial charge is 0.465 e. The SMILES string of the molecule is CCOC(=O)CC#Cc1ncccc1C=O. The summed E-state index contributed by atoms with van der Waals surface area (Å²) in [6.45, 7) is 2.07. The first kappa shape index (κ1) is 11.9. The molecule has 1 rings (SSSR count). The van der Waals surface area contributed by atoms with Crippen molar-refractivity contribution in [3.63, 3.8) is 0 Å². The third kappa shape index (κ3) is 3.54. The fourth-order valence-corrected chi connectivity index (χ4v) is 1.03. The van der Waals surface area contributed by atoms with Crippen LogP contribution in [-0.2, 0) is 9.53 Å². The van der Waals surface area contributed by atoms with E-state index in [0.29, 0.717) is 24.2 Å². The van der Waals surface area contributed by atoms with E-state index in [9.17, 15) is 9.59 Å². The molecule has 0 aliphatic rings. The zero-order valence-corrected chi connectivity index (χ0v) is 8.90. The second kappa shape index (κ2) is 6.36. The monoisotopic (exact) mass is 217 g/mol. The first-order valence-corrected chi connectivity index (χ1v) is 4.82. The minimum atomic E-state index is -0.376. The average molecular weight is 217 g/mol. The smallest absolute Gasteiger partial charge is 0.317 e. The first-order chi connectivity index (χ1) is 7.77. The number of hydrogen-bond acceptors (Lipinski definition) is 4. The van der Waals surface area contributed by atoms with Crippen LogP contribution in [-0.4, -0.2) is 23.8 Å².